The largest absolute Gasteiger partial charge is 0.378 e. The highest BCUT2D eigenvalue weighted by Gasteiger charge is 2.27. The predicted molar refractivity (Wildman–Crippen MR) is 119 cm³/mol. The van der Waals surface area contributed by atoms with Crippen molar-refractivity contribution in [1.82, 2.24) is 10.2 Å². The van der Waals surface area contributed by atoms with Crippen molar-refractivity contribution in [1.29, 1.82) is 0 Å². The van der Waals surface area contributed by atoms with Crippen molar-refractivity contribution < 1.29 is 4.79 Å². The zero-order chi connectivity index (χ0) is 20.2. The summed E-state index contributed by atoms with van der Waals surface area (Å²) < 4.78 is 0. The number of hydrogen-bond acceptors (Lipinski definition) is 3. The zero-order valence-corrected chi connectivity index (χ0v) is 17.7. The molecular formula is C25H33N3O. The molecule has 4 rings (SSSR count). The summed E-state index contributed by atoms with van der Waals surface area (Å²) in [6.07, 6.45) is 5.54. The summed E-state index contributed by atoms with van der Waals surface area (Å²) in [4.78, 5) is 17.3. The number of nitrogens with one attached hydrogen (secondary N) is 1. The van der Waals surface area contributed by atoms with E-state index in [0.717, 1.165) is 32.4 Å². The average Bonchev–Trinajstić information content (AvgIpc) is 3.29. The number of nitrogens with zero attached hydrogens (tertiary/aromatic N) is 2. The Bertz CT molecular complexity index is 824. The Morgan fingerprint density at radius 2 is 1.76 bits per heavy atom. The van der Waals surface area contributed by atoms with Crippen molar-refractivity contribution in [2.75, 3.05) is 32.1 Å². The van der Waals surface area contributed by atoms with Crippen LogP contribution in [0.3, 0.4) is 0 Å². The summed E-state index contributed by atoms with van der Waals surface area (Å²) in [5.41, 5.74) is 5.35. The summed E-state index contributed by atoms with van der Waals surface area (Å²) >= 11 is 0. The number of fused-ring (bicyclic) bond motifs is 1. The monoisotopic (exact) mass is 391 g/mol. The van der Waals surface area contributed by atoms with Gasteiger partial charge in [-0.25, -0.2) is 0 Å². The van der Waals surface area contributed by atoms with Crippen LogP contribution in [0.25, 0.3) is 0 Å². The summed E-state index contributed by atoms with van der Waals surface area (Å²) in [5.74, 6) is 0.462. The molecule has 1 fully saturated rings. The van der Waals surface area contributed by atoms with Gasteiger partial charge in [0.1, 0.15) is 0 Å². The van der Waals surface area contributed by atoms with Gasteiger partial charge in [0, 0.05) is 45.3 Å². The lowest BCUT2D eigenvalue weighted by Crippen LogP contribution is -2.41. The number of rotatable bonds is 6. The molecule has 0 bridgehead atoms. The van der Waals surface area contributed by atoms with E-state index in [9.17, 15) is 4.79 Å². The molecule has 154 valence electrons. The molecule has 0 saturated heterocycles. The highest BCUT2D eigenvalue weighted by atomic mass is 16.1. The average molecular weight is 392 g/mol. The van der Waals surface area contributed by atoms with E-state index in [4.69, 9.17) is 0 Å². The smallest absolute Gasteiger partial charge is 0.223 e. The maximum atomic E-state index is 12.7. The van der Waals surface area contributed by atoms with Gasteiger partial charge in [-0.15, -0.1) is 0 Å². The van der Waals surface area contributed by atoms with Crippen LogP contribution in [0, 0.1) is 5.92 Å². The Balaban J connectivity index is 1.52. The van der Waals surface area contributed by atoms with Gasteiger partial charge in [0.2, 0.25) is 5.91 Å². The van der Waals surface area contributed by atoms with Crippen LogP contribution in [-0.2, 0) is 17.8 Å². The first-order valence-electron chi connectivity index (χ1n) is 11.0. The molecule has 4 heteroatoms. The lowest BCUT2D eigenvalue weighted by Gasteiger charge is -2.36. The van der Waals surface area contributed by atoms with Gasteiger partial charge in [-0.1, -0.05) is 49.2 Å². The van der Waals surface area contributed by atoms with E-state index in [1.165, 1.54) is 35.2 Å². The van der Waals surface area contributed by atoms with E-state index >= 15 is 0 Å². The van der Waals surface area contributed by atoms with E-state index in [2.05, 4.69) is 77.7 Å². The van der Waals surface area contributed by atoms with Crippen molar-refractivity contribution >= 4 is 11.6 Å². The number of carbonyl (C=O) groups excluding carboxylic acids is 1. The number of benzene rings is 2. The van der Waals surface area contributed by atoms with E-state index in [1.54, 1.807) is 0 Å². The molecule has 1 aliphatic carbocycles. The van der Waals surface area contributed by atoms with Crippen molar-refractivity contribution in [2.45, 2.75) is 44.7 Å². The van der Waals surface area contributed by atoms with Crippen LogP contribution in [0.15, 0.2) is 48.5 Å². The maximum Gasteiger partial charge on any atom is 0.223 e. The summed E-state index contributed by atoms with van der Waals surface area (Å²) in [5, 5.41) is 3.29. The molecule has 2 aromatic carbocycles. The molecular weight excluding hydrogens is 358 g/mol. The molecule has 1 heterocycles. The topological polar surface area (TPSA) is 35.6 Å². The molecule has 0 aromatic heterocycles. The van der Waals surface area contributed by atoms with E-state index in [0.29, 0.717) is 6.54 Å². The normalized spacial score (nSPS) is 18.3. The number of carbonyl (C=O) groups is 1. The van der Waals surface area contributed by atoms with Crippen LogP contribution < -0.4 is 10.2 Å². The quantitative estimate of drug-likeness (QED) is 0.803. The van der Waals surface area contributed by atoms with Crippen LogP contribution in [-0.4, -0.2) is 38.0 Å². The third kappa shape index (κ3) is 4.64. The first kappa shape index (κ1) is 20.0. The second kappa shape index (κ2) is 9.00. The van der Waals surface area contributed by atoms with Crippen LogP contribution in [0.4, 0.5) is 5.69 Å². The Morgan fingerprint density at radius 3 is 2.45 bits per heavy atom. The molecule has 4 nitrogen and oxygen atoms in total. The van der Waals surface area contributed by atoms with E-state index in [1.807, 2.05) is 0 Å². The number of hydrogen-bond donors (Lipinski definition) is 1. The molecule has 2 aromatic rings. The van der Waals surface area contributed by atoms with Crippen LogP contribution in [0.2, 0.25) is 0 Å². The fourth-order valence-electron chi connectivity index (χ4n) is 4.77. The Morgan fingerprint density at radius 1 is 1.07 bits per heavy atom. The fraction of sp³-hybridized carbons (Fsp3) is 0.480. The molecule has 0 spiro atoms. The summed E-state index contributed by atoms with van der Waals surface area (Å²) in [6, 6.07) is 17.8. The molecule has 1 atom stereocenters. The maximum absolute atomic E-state index is 12.7. The van der Waals surface area contributed by atoms with Gasteiger partial charge in [-0.2, -0.15) is 0 Å². The van der Waals surface area contributed by atoms with Gasteiger partial charge in [-0.3, -0.25) is 9.69 Å². The van der Waals surface area contributed by atoms with Crippen LogP contribution in [0.1, 0.15) is 48.4 Å². The highest BCUT2D eigenvalue weighted by Crippen LogP contribution is 2.29. The third-order valence-electron chi connectivity index (χ3n) is 6.59. The molecule has 2 aliphatic rings. The fourth-order valence-corrected chi connectivity index (χ4v) is 4.77. The molecule has 1 aliphatic heterocycles. The molecule has 1 N–H and O–H groups in total. The van der Waals surface area contributed by atoms with E-state index in [-0.39, 0.29) is 17.9 Å². The first-order chi connectivity index (χ1) is 14.1. The second-order valence-electron chi connectivity index (χ2n) is 8.72. The van der Waals surface area contributed by atoms with Crippen molar-refractivity contribution in [2.24, 2.45) is 5.92 Å². The minimum atomic E-state index is 0.199. The summed E-state index contributed by atoms with van der Waals surface area (Å²) in [6.45, 7) is 2.64. The van der Waals surface area contributed by atoms with Gasteiger partial charge in [-0.05, 0) is 48.1 Å². The van der Waals surface area contributed by atoms with Gasteiger partial charge >= 0.3 is 0 Å². The van der Waals surface area contributed by atoms with Gasteiger partial charge in [0.15, 0.2) is 0 Å². The Labute approximate surface area is 174 Å². The van der Waals surface area contributed by atoms with Crippen molar-refractivity contribution in [3.8, 4) is 0 Å². The Hall–Kier alpha value is -2.33. The molecule has 1 saturated carbocycles. The first-order valence-corrected chi connectivity index (χ1v) is 11.0. The lowest BCUT2D eigenvalue weighted by atomic mass is 9.96. The zero-order valence-electron chi connectivity index (χ0n) is 17.7. The van der Waals surface area contributed by atoms with Crippen molar-refractivity contribution in [3.63, 3.8) is 0 Å². The van der Waals surface area contributed by atoms with Gasteiger partial charge in [0.05, 0.1) is 6.04 Å². The number of anilines is 1. The third-order valence-corrected chi connectivity index (χ3v) is 6.59. The summed E-state index contributed by atoms with van der Waals surface area (Å²) in [7, 11) is 4.13. The minimum absolute atomic E-state index is 0.199. The van der Waals surface area contributed by atoms with Crippen molar-refractivity contribution in [3.05, 3.63) is 65.2 Å². The Kier molecular flexibility index (Phi) is 6.19. The predicted octanol–water partition coefficient (Wildman–Crippen LogP) is 4.16. The lowest BCUT2D eigenvalue weighted by molar-refractivity contribution is -0.125. The number of amides is 1. The molecule has 0 unspecified atom stereocenters. The van der Waals surface area contributed by atoms with Gasteiger partial charge < -0.3 is 10.2 Å². The minimum Gasteiger partial charge on any atom is -0.378 e. The molecule has 0 radical (unpaired) electrons. The van der Waals surface area contributed by atoms with Gasteiger partial charge in [0.25, 0.3) is 0 Å². The van der Waals surface area contributed by atoms with E-state index < -0.39 is 0 Å². The standard InChI is InChI=1S/C25H33N3O/c1-27(2)23-13-11-20(12-14-23)24(17-26-25(29)21-8-4-5-9-21)28-16-15-19-7-3-6-10-22(19)18-28/h3,6-7,10-14,21,24H,4-5,8-9,15-18H2,1-2H3,(H,26,29)/t24-/m0/s1. The SMILES string of the molecule is CN(C)c1ccc([C@H](CNC(=O)C2CCCC2)N2CCc3ccccc3C2)cc1. The van der Waals surface area contributed by atoms with Crippen LogP contribution >= 0.6 is 0 Å². The van der Waals surface area contributed by atoms with Crippen LogP contribution in [0.5, 0.6) is 0 Å². The molecule has 1 amide bonds. The molecule has 29 heavy (non-hydrogen) atoms. The second-order valence-corrected chi connectivity index (χ2v) is 8.72. The highest BCUT2D eigenvalue weighted by molar-refractivity contribution is 5.78.